The van der Waals surface area contributed by atoms with Gasteiger partial charge in [0, 0.05) is 38.7 Å². The highest BCUT2D eigenvalue weighted by molar-refractivity contribution is 7.89. The first-order valence-corrected chi connectivity index (χ1v) is 9.51. The summed E-state index contributed by atoms with van der Waals surface area (Å²) < 4.78 is 32.2. The number of methoxy groups -OCH3 is 1. The van der Waals surface area contributed by atoms with E-state index in [1.807, 2.05) is 0 Å². The summed E-state index contributed by atoms with van der Waals surface area (Å²) in [6.07, 6.45) is 1.65. The van der Waals surface area contributed by atoms with Crippen LogP contribution in [0.15, 0.2) is 23.1 Å². The van der Waals surface area contributed by atoms with Crippen molar-refractivity contribution in [1.82, 2.24) is 14.9 Å². The number of nitrogens with one attached hydrogen (secondary N) is 2. The first-order chi connectivity index (χ1) is 11.9. The molecule has 2 N–H and O–H groups in total. The fourth-order valence-corrected chi connectivity index (χ4v) is 4.30. The lowest BCUT2D eigenvalue weighted by Gasteiger charge is -2.18. The number of nitrogens with zero attached hydrogens (tertiary/aromatic N) is 1. The van der Waals surface area contributed by atoms with Gasteiger partial charge < -0.3 is 15.4 Å². The van der Waals surface area contributed by atoms with E-state index in [0.717, 1.165) is 12.8 Å². The molecule has 0 unspecified atom stereocenters. The summed E-state index contributed by atoms with van der Waals surface area (Å²) in [6.45, 7) is 2.88. The van der Waals surface area contributed by atoms with Crippen LogP contribution in [0.5, 0.6) is 5.75 Å². The zero-order valence-electron chi connectivity index (χ0n) is 14.4. The third kappa shape index (κ3) is 4.70. The van der Waals surface area contributed by atoms with Crippen molar-refractivity contribution in [3.63, 3.8) is 0 Å². The fraction of sp³-hybridized carbons (Fsp3) is 0.500. The molecule has 1 heterocycles. The van der Waals surface area contributed by atoms with Crippen molar-refractivity contribution in [3.05, 3.63) is 23.8 Å². The van der Waals surface area contributed by atoms with Gasteiger partial charge in [-0.05, 0) is 31.0 Å². The van der Waals surface area contributed by atoms with Crippen LogP contribution in [-0.4, -0.2) is 57.8 Å². The number of carbonyl (C=O) groups is 2. The van der Waals surface area contributed by atoms with Crippen LogP contribution in [0.25, 0.3) is 0 Å². The number of hydrogen-bond acceptors (Lipinski definition) is 5. The van der Waals surface area contributed by atoms with E-state index in [-0.39, 0.29) is 28.7 Å². The van der Waals surface area contributed by atoms with Crippen LogP contribution in [0.2, 0.25) is 0 Å². The van der Waals surface area contributed by atoms with E-state index in [4.69, 9.17) is 4.74 Å². The fourth-order valence-electron chi connectivity index (χ4n) is 2.60. The van der Waals surface area contributed by atoms with Gasteiger partial charge in [-0.1, -0.05) is 0 Å². The number of hydrogen-bond donors (Lipinski definition) is 2. The Morgan fingerprint density at radius 2 is 1.80 bits per heavy atom. The zero-order chi connectivity index (χ0) is 18.4. The summed E-state index contributed by atoms with van der Waals surface area (Å²) in [6, 6.07) is 4.32. The van der Waals surface area contributed by atoms with Gasteiger partial charge in [0.25, 0.3) is 5.91 Å². The number of benzene rings is 1. The summed E-state index contributed by atoms with van der Waals surface area (Å²) in [5.74, 6) is -0.384. The van der Waals surface area contributed by atoms with Gasteiger partial charge in [0.2, 0.25) is 15.9 Å². The minimum Gasteiger partial charge on any atom is -0.495 e. The number of sulfonamides is 1. The van der Waals surface area contributed by atoms with E-state index in [9.17, 15) is 18.0 Å². The second-order valence-electron chi connectivity index (χ2n) is 5.72. The quantitative estimate of drug-likeness (QED) is 0.675. The van der Waals surface area contributed by atoms with Gasteiger partial charge in [-0.25, -0.2) is 8.42 Å². The van der Waals surface area contributed by atoms with Crippen LogP contribution in [0.3, 0.4) is 0 Å². The second kappa shape index (κ2) is 8.30. The van der Waals surface area contributed by atoms with Crippen LogP contribution in [0, 0.1) is 0 Å². The molecule has 0 saturated carbocycles. The summed E-state index contributed by atoms with van der Waals surface area (Å²) in [7, 11) is -2.31. The molecule has 1 aliphatic heterocycles. The van der Waals surface area contributed by atoms with Crippen molar-refractivity contribution in [2.45, 2.75) is 24.7 Å². The second-order valence-corrected chi connectivity index (χ2v) is 7.62. The highest BCUT2D eigenvalue weighted by Crippen LogP contribution is 2.29. The minimum atomic E-state index is -3.70. The molecular formula is C16H23N3O5S. The van der Waals surface area contributed by atoms with Crippen molar-refractivity contribution in [3.8, 4) is 5.75 Å². The summed E-state index contributed by atoms with van der Waals surface area (Å²) >= 11 is 0. The molecule has 1 fully saturated rings. The van der Waals surface area contributed by atoms with Crippen molar-refractivity contribution in [2.75, 3.05) is 33.3 Å². The lowest BCUT2D eigenvalue weighted by Crippen LogP contribution is -2.34. The molecule has 138 valence electrons. The molecule has 2 amide bonds. The maximum atomic E-state index is 12.8. The molecule has 0 spiro atoms. The molecule has 0 bridgehead atoms. The predicted molar refractivity (Wildman–Crippen MR) is 92.0 cm³/mol. The van der Waals surface area contributed by atoms with E-state index in [2.05, 4.69) is 10.6 Å². The van der Waals surface area contributed by atoms with Gasteiger partial charge in [-0.3, -0.25) is 9.59 Å². The minimum absolute atomic E-state index is 0.00795. The predicted octanol–water partition coefficient (Wildman–Crippen LogP) is 0.346. The van der Waals surface area contributed by atoms with E-state index in [0.29, 0.717) is 19.6 Å². The topological polar surface area (TPSA) is 105 Å². The molecule has 0 atom stereocenters. The molecule has 1 aromatic carbocycles. The normalized spacial score (nSPS) is 15.0. The van der Waals surface area contributed by atoms with Gasteiger partial charge in [0.15, 0.2) is 0 Å². The molecular weight excluding hydrogens is 346 g/mol. The molecule has 8 nitrogen and oxygen atoms in total. The Bertz CT molecular complexity index is 742. The Morgan fingerprint density at radius 1 is 1.16 bits per heavy atom. The number of ether oxygens (including phenoxy) is 1. The maximum Gasteiger partial charge on any atom is 0.251 e. The van der Waals surface area contributed by atoms with Crippen molar-refractivity contribution in [1.29, 1.82) is 0 Å². The number of rotatable bonds is 7. The van der Waals surface area contributed by atoms with E-state index in [1.54, 1.807) is 0 Å². The molecule has 0 aromatic heterocycles. The average molecular weight is 369 g/mol. The monoisotopic (exact) mass is 369 g/mol. The molecule has 25 heavy (non-hydrogen) atoms. The van der Waals surface area contributed by atoms with E-state index < -0.39 is 15.9 Å². The van der Waals surface area contributed by atoms with Crippen LogP contribution < -0.4 is 15.4 Å². The third-order valence-electron chi connectivity index (χ3n) is 3.89. The molecule has 1 aliphatic rings. The molecule has 0 radical (unpaired) electrons. The van der Waals surface area contributed by atoms with Gasteiger partial charge in [0.05, 0.1) is 7.11 Å². The molecule has 1 saturated heterocycles. The first kappa shape index (κ1) is 19.2. The molecule has 1 aromatic rings. The zero-order valence-corrected chi connectivity index (χ0v) is 15.2. The van der Waals surface area contributed by atoms with E-state index in [1.165, 1.54) is 36.5 Å². The Kier molecular flexibility index (Phi) is 6.38. The SMILES string of the molecule is COc1ccc(C(=O)NCCNC(C)=O)cc1S(=O)(=O)N1CCCC1. The van der Waals surface area contributed by atoms with Gasteiger partial charge in [-0.2, -0.15) is 4.31 Å². The Morgan fingerprint density at radius 3 is 2.40 bits per heavy atom. The van der Waals surface area contributed by atoms with Crippen LogP contribution in [0.1, 0.15) is 30.1 Å². The van der Waals surface area contributed by atoms with Gasteiger partial charge in [-0.15, -0.1) is 0 Å². The highest BCUT2D eigenvalue weighted by atomic mass is 32.2. The average Bonchev–Trinajstić information content (AvgIpc) is 3.13. The lowest BCUT2D eigenvalue weighted by atomic mass is 10.2. The smallest absolute Gasteiger partial charge is 0.251 e. The maximum absolute atomic E-state index is 12.8. The van der Waals surface area contributed by atoms with Crippen LogP contribution in [0.4, 0.5) is 0 Å². The summed E-state index contributed by atoms with van der Waals surface area (Å²) in [5, 5.41) is 5.20. The third-order valence-corrected chi connectivity index (χ3v) is 5.81. The Balaban J connectivity index is 2.18. The van der Waals surface area contributed by atoms with Crippen LogP contribution in [-0.2, 0) is 14.8 Å². The molecule has 0 aliphatic carbocycles. The highest BCUT2D eigenvalue weighted by Gasteiger charge is 2.30. The lowest BCUT2D eigenvalue weighted by molar-refractivity contribution is -0.118. The molecule has 9 heteroatoms. The van der Waals surface area contributed by atoms with Crippen molar-refractivity contribution < 1.29 is 22.7 Å². The number of carbonyl (C=O) groups excluding carboxylic acids is 2. The summed E-state index contributed by atoms with van der Waals surface area (Å²) in [4.78, 5) is 23.0. The Labute approximate surface area is 147 Å². The van der Waals surface area contributed by atoms with Crippen molar-refractivity contribution >= 4 is 21.8 Å². The largest absolute Gasteiger partial charge is 0.495 e. The first-order valence-electron chi connectivity index (χ1n) is 8.07. The van der Waals surface area contributed by atoms with E-state index >= 15 is 0 Å². The Hall–Kier alpha value is -2.13. The van der Waals surface area contributed by atoms with Gasteiger partial charge >= 0.3 is 0 Å². The molecule has 2 rings (SSSR count). The standard InChI is InChI=1S/C16H23N3O5S/c1-12(20)17-7-8-18-16(21)13-5-6-14(24-2)15(11-13)25(22,23)19-9-3-4-10-19/h5-6,11H,3-4,7-10H2,1-2H3,(H,17,20)(H,18,21). The summed E-state index contributed by atoms with van der Waals surface area (Å²) in [5.41, 5.74) is 0.224. The van der Waals surface area contributed by atoms with Crippen molar-refractivity contribution in [2.24, 2.45) is 0 Å². The number of amides is 2. The van der Waals surface area contributed by atoms with Gasteiger partial charge in [0.1, 0.15) is 10.6 Å². The van der Waals surface area contributed by atoms with Crippen LogP contribution >= 0.6 is 0 Å².